The van der Waals surface area contributed by atoms with Crippen molar-refractivity contribution < 1.29 is 9.59 Å². The molecule has 0 aromatic heterocycles. The van der Waals surface area contributed by atoms with Crippen LogP contribution in [0, 0.1) is 11.3 Å². The lowest BCUT2D eigenvalue weighted by molar-refractivity contribution is -0.130. The number of rotatable bonds is 2. The first-order valence-electron chi connectivity index (χ1n) is 9.61. The van der Waals surface area contributed by atoms with E-state index in [0.29, 0.717) is 12.3 Å². The second-order valence-electron chi connectivity index (χ2n) is 9.20. The van der Waals surface area contributed by atoms with Gasteiger partial charge in [-0.3, -0.25) is 4.79 Å². The molecule has 0 aromatic rings. The van der Waals surface area contributed by atoms with Crippen LogP contribution in [0.4, 0.5) is 4.79 Å². The standard InChI is InChI=1S/C19H33N3O2/c1-18(2,3)20-17(24)21-11-8-19(9-12-21)7-6-16(23)22(13-10-19)14-15-4-5-15/h15H,4-14H2,1-3H3,(H,20,24). The summed E-state index contributed by atoms with van der Waals surface area (Å²) in [6.07, 6.45) is 7.48. The van der Waals surface area contributed by atoms with Crippen LogP contribution in [0.5, 0.6) is 0 Å². The van der Waals surface area contributed by atoms with Crippen LogP contribution in [0.1, 0.15) is 65.7 Å². The number of urea groups is 1. The molecule has 24 heavy (non-hydrogen) atoms. The van der Waals surface area contributed by atoms with Gasteiger partial charge in [-0.2, -0.15) is 0 Å². The average Bonchev–Trinajstić information content (AvgIpc) is 3.32. The summed E-state index contributed by atoms with van der Waals surface area (Å²) in [5.41, 5.74) is 0.0801. The van der Waals surface area contributed by atoms with E-state index in [1.807, 2.05) is 25.7 Å². The molecular weight excluding hydrogens is 302 g/mol. The Balaban J connectivity index is 1.53. The van der Waals surface area contributed by atoms with E-state index in [4.69, 9.17) is 0 Å². The second-order valence-corrected chi connectivity index (χ2v) is 9.20. The lowest BCUT2D eigenvalue weighted by atomic mass is 9.73. The zero-order valence-electron chi connectivity index (χ0n) is 15.6. The molecule has 1 aliphatic carbocycles. The number of hydrogen-bond acceptors (Lipinski definition) is 2. The van der Waals surface area contributed by atoms with Gasteiger partial charge in [-0.25, -0.2) is 4.79 Å². The van der Waals surface area contributed by atoms with E-state index in [9.17, 15) is 9.59 Å². The van der Waals surface area contributed by atoms with Gasteiger partial charge < -0.3 is 15.1 Å². The third-order valence-corrected chi connectivity index (χ3v) is 5.90. The van der Waals surface area contributed by atoms with Crippen molar-refractivity contribution in [1.82, 2.24) is 15.1 Å². The summed E-state index contributed by atoms with van der Waals surface area (Å²) in [5, 5.41) is 3.06. The molecule has 3 fully saturated rings. The molecule has 3 amide bonds. The van der Waals surface area contributed by atoms with Gasteiger partial charge in [-0.05, 0) is 70.6 Å². The molecule has 136 valence electrons. The Morgan fingerprint density at radius 1 is 1.12 bits per heavy atom. The molecule has 0 bridgehead atoms. The minimum atomic E-state index is -0.190. The summed E-state index contributed by atoms with van der Waals surface area (Å²) in [4.78, 5) is 28.8. The predicted octanol–water partition coefficient (Wildman–Crippen LogP) is 3.00. The Kier molecular flexibility index (Phi) is 4.80. The molecule has 2 saturated heterocycles. The summed E-state index contributed by atoms with van der Waals surface area (Å²) < 4.78 is 0. The lowest BCUT2D eigenvalue weighted by Crippen LogP contribution is -2.52. The average molecular weight is 335 g/mol. The fourth-order valence-electron chi connectivity index (χ4n) is 4.04. The van der Waals surface area contributed by atoms with E-state index in [-0.39, 0.29) is 17.0 Å². The van der Waals surface area contributed by atoms with Crippen molar-refractivity contribution in [1.29, 1.82) is 0 Å². The SMILES string of the molecule is CC(C)(C)NC(=O)N1CCC2(CCC(=O)N(CC3CC3)CC2)CC1. The molecule has 1 N–H and O–H groups in total. The zero-order chi connectivity index (χ0) is 17.4. The van der Waals surface area contributed by atoms with E-state index < -0.39 is 0 Å². The van der Waals surface area contributed by atoms with E-state index >= 15 is 0 Å². The second kappa shape index (κ2) is 6.57. The van der Waals surface area contributed by atoms with Gasteiger partial charge in [0.05, 0.1) is 0 Å². The molecule has 0 unspecified atom stereocenters. The summed E-state index contributed by atoms with van der Waals surface area (Å²) in [7, 11) is 0. The predicted molar refractivity (Wildman–Crippen MR) is 94.7 cm³/mol. The number of piperidine rings is 1. The summed E-state index contributed by atoms with van der Waals surface area (Å²) in [5.74, 6) is 1.12. The highest BCUT2D eigenvalue weighted by molar-refractivity contribution is 5.77. The summed E-state index contributed by atoms with van der Waals surface area (Å²) in [6.45, 7) is 9.58. The summed E-state index contributed by atoms with van der Waals surface area (Å²) >= 11 is 0. The minimum Gasteiger partial charge on any atom is -0.342 e. The van der Waals surface area contributed by atoms with Gasteiger partial charge in [0.15, 0.2) is 0 Å². The molecule has 1 saturated carbocycles. The number of likely N-dealkylation sites (tertiary alicyclic amines) is 2. The van der Waals surface area contributed by atoms with Crippen LogP contribution < -0.4 is 5.32 Å². The van der Waals surface area contributed by atoms with Crippen molar-refractivity contribution in [2.24, 2.45) is 11.3 Å². The zero-order valence-corrected chi connectivity index (χ0v) is 15.6. The first-order chi connectivity index (χ1) is 11.3. The van der Waals surface area contributed by atoms with E-state index in [1.165, 1.54) is 12.8 Å². The number of nitrogens with one attached hydrogen (secondary N) is 1. The van der Waals surface area contributed by atoms with E-state index in [1.54, 1.807) is 0 Å². The van der Waals surface area contributed by atoms with E-state index in [2.05, 4.69) is 10.2 Å². The van der Waals surface area contributed by atoms with Gasteiger partial charge in [-0.15, -0.1) is 0 Å². The molecule has 0 radical (unpaired) electrons. The Morgan fingerprint density at radius 3 is 2.33 bits per heavy atom. The fourth-order valence-corrected chi connectivity index (χ4v) is 4.04. The van der Waals surface area contributed by atoms with E-state index in [0.717, 1.165) is 57.8 Å². The maximum atomic E-state index is 12.4. The highest BCUT2D eigenvalue weighted by atomic mass is 16.2. The van der Waals surface area contributed by atoms with Crippen molar-refractivity contribution in [3.63, 3.8) is 0 Å². The number of hydrogen-bond donors (Lipinski definition) is 1. The van der Waals surface area contributed by atoms with Crippen molar-refractivity contribution in [3.8, 4) is 0 Å². The van der Waals surface area contributed by atoms with Crippen LogP contribution in [0.25, 0.3) is 0 Å². The molecule has 0 atom stereocenters. The first-order valence-corrected chi connectivity index (χ1v) is 9.61. The van der Waals surface area contributed by atoms with Crippen LogP contribution in [0.2, 0.25) is 0 Å². The Morgan fingerprint density at radius 2 is 1.75 bits per heavy atom. The topological polar surface area (TPSA) is 52.7 Å². The van der Waals surface area contributed by atoms with Gasteiger partial charge in [0.25, 0.3) is 0 Å². The lowest BCUT2D eigenvalue weighted by Gasteiger charge is -2.42. The molecule has 2 aliphatic heterocycles. The molecule has 3 rings (SSSR count). The van der Waals surface area contributed by atoms with Gasteiger partial charge in [0.2, 0.25) is 5.91 Å². The molecule has 1 spiro atoms. The third-order valence-electron chi connectivity index (χ3n) is 5.90. The highest BCUT2D eigenvalue weighted by Crippen LogP contribution is 2.42. The van der Waals surface area contributed by atoms with Crippen molar-refractivity contribution in [2.45, 2.75) is 71.3 Å². The largest absolute Gasteiger partial charge is 0.342 e. The quantitative estimate of drug-likeness (QED) is 0.843. The molecule has 2 heterocycles. The number of nitrogens with zero attached hydrogens (tertiary/aromatic N) is 2. The van der Waals surface area contributed by atoms with Crippen LogP contribution >= 0.6 is 0 Å². The monoisotopic (exact) mass is 335 g/mol. The van der Waals surface area contributed by atoms with Crippen LogP contribution in [0.3, 0.4) is 0 Å². The molecule has 5 heteroatoms. The van der Waals surface area contributed by atoms with Crippen LogP contribution in [-0.2, 0) is 4.79 Å². The van der Waals surface area contributed by atoms with Crippen molar-refractivity contribution >= 4 is 11.9 Å². The minimum absolute atomic E-state index is 0.0532. The number of carbonyl (C=O) groups is 2. The van der Waals surface area contributed by atoms with Gasteiger partial charge in [0.1, 0.15) is 0 Å². The number of amides is 3. The first kappa shape index (κ1) is 17.6. The molecule has 0 aromatic carbocycles. The highest BCUT2D eigenvalue weighted by Gasteiger charge is 2.40. The van der Waals surface area contributed by atoms with Gasteiger partial charge in [0, 0.05) is 38.1 Å². The molecular formula is C19H33N3O2. The van der Waals surface area contributed by atoms with Gasteiger partial charge in [-0.1, -0.05) is 0 Å². The smallest absolute Gasteiger partial charge is 0.317 e. The van der Waals surface area contributed by atoms with Crippen molar-refractivity contribution in [2.75, 3.05) is 26.2 Å². The maximum Gasteiger partial charge on any atom is 0.317 e. The Bertz CT molecular complexity index is 485. The molecule has 3 aliphatic rings. The Labute approximate surface area is 146 Å². The molecule has 5 nitrogen and oxygen atoms in total. The van der Waals surface area contributed by atoms with Gasteiger partial charge >= 0.3 is 6.03 Å². The van der Waals surface area contributed by atoms with Crippen LogP contribution in [-0.4, -0.2) is 53.5 Å². The Hall–Kier alpha value is -1.26. The normalized spacial score (nSPS) is 24.9. The number of carbonyl (C=O) groups excluding carboxylic acids is 2. The third kappa shape index (κ3) is 4.42. The van der Waals surface area contributed by atoms with Crippen molar-refractivity contribution in [3.05, 3.63) is 0 Å². The fraction of sp³-hybridized carbons (Fsp3) is 0.895. The summed E-state index contributed by atoms with van der Waals surface area (Å²) in [6, 6.07) is 0.0532. The maximum absolute atomic E-state index is 12.4. The van der Waals surface area contributed by atoms with Crippen LogP contribution in [0.15, 0.2) is 0 Å².